The molecular weight excluding hydrogens is 357 g/mol. The van der Waals surface area contributed by atoms with Crippen molar-refractivity contribution in [3.8, 4) is 11.1 Å². The van der Waals surface area contributed by atoms with Gasteiger partial charge in [0.2, 0.25) is 0 Å². The number of nitrogens with zero attached hydrogens (tertiary/aromatic N) is 3. The van der Waals surface area contributed by atoms with Crippen molar-refractivity contribution in [3.63, 3.8) is 0 Å². The number of hydrogen-bond acceptors (Lipinski definition) is 6. The smallest absolute Gasteiger partial charge is 0.150 e. The van der Waals surface area contributed by atoms with Crippen LogP contribution in [0.4, 0.5) is 21.8 Å². The average Bonchev–Trinajstić information content (AvgIpc) is 3.24. The molecule has 140 valence electrons. The van der Waals surface area contributed by atoms with Crippen molar-refractivity contribution in [2.45, 2.75) is 13.0 Å². The van der Waals surface area contributed by atoms with Crippen molar-refractivity contribution in [1.82, 2.24) is 15.0 Å². The Labute approximate surface area is 161 Å². The van der Waals surface area contributed by atoms with E-state index in [2.05, 4.69) is 25.6 Å². The van der Waals surface area contributed by atoms with Gasteiger partial charge in [0.1, 0.15) is 23.3 Å². The molecule has 2 N–H and O–H groups in total. The number of pyridine rings is 1. The van der Waals surface area contributed by atoms with Gasteiger partial charge >= 0.3 is 0 Å². The molecule has 0 unspecified atom stereocenters. The lowest BCUT2D eigenvalue weighted by molar-refractivity contribution is 0.568. The molecule has 1 atom stereocenters. The molecule has 6 nitrogen and oxygen atoms in total. The Morgan fingerprint density at radius 3 is 2.50 bits per heavy atom. The van der Waals surface area contributed by atoms with Gasteiger partial charge in [0.25, 0.3) is 0 Å². The summed E-state index contributed by atoms with van der Waals surface area (Å²) >= 11 is 0. The van der Waals surface area contributed by atoms with Gasteiger partial charge in [0.05, 0.1) is 18.7 Å². The second-order valence-corrected chi connectivity index (χ2v) is 6.27. The Kier molecular flexibility index (Phi) is 4.97. The number of nitrogens with one attached hydrogen (secondary N) is 2. The molecule has 0 spiro atoms. The fourth-order valence-electron chi connectivity index (χ4n) is 2.82. The molecule has 3 aromatic heterocycles. The molecule has 0 radical (unpaired) electrons. The van der Waals surface area contributed by atoms with E-state index in [4.69, 9.17) is 4.42 Å². The number of hydrogen-bond donors (Lipinski definition) is 2. The van der Waals surface area contributed by atoms with Gasteiger partial charge in [0.15, 0.2) is 0 Å². The third-order valence-corrected chi connectivity index (χ3v) is 4.23. The molecule has 0 saturated heterocycles. The van der Waals surface area contributed by atoms with Gasteiger partial charge < -0.3 is 15.1 Å². The SMILES string of the molecule is C[C@H](Nc1cc(-c2ccoc2)cc(Nc2cnccn2)n1)c1ccc(F)cc1. The lowest BCUT2D eigenvalue weighted by atomic mass is 10.1. The van der Waals surface area contributed by atoms with E-state index in [0.29, 0.717) is 17.5 Å². The maximum atomic E-state index is 13.2. The topological polar surface area (TPSA) is 75.9 Å². The maximum Gasteiger partial charge on any atom is 0.150 e. The molecule has 4 aromatic rings. The van der Waals surface area contributed by atoms with Crippen LogP contribution in [0.5, 0.6) is 0 Å². The summed E-state index contributed by atoms with van der Waals surface area (Å²) in [6.07, 6.45) is 8.14. The summed E-state index contributed by atoms with van der Waals surface area (Å²) in [6.45, 7) is 2.00. The second-order valence-electron chi connectivity index (χ2n) is 6.27. The van der Waals surface area contributed by atoms with Gasteiger partial charge in [0, 0.05) is 24.0 Å². The lowest BCUT2D eigenvalue weighted by Gasteiger charge is -2.17. The third kappa shape index (κ3) is 4.15. The van der Waals surface area contributed by atoms with Crippen LogP contribution in [-0.4, -0.2) is 15.0 Å². The van der Waals surface area contributed by atoms with E-state index in [-0.39, 0.29) is 11.9 Å². The van der Waals surface area contributed by atoms with Crippen molar-refractivity contribution in [3.05, 3.63) is 85.0 Å². The molecule has 0 aliphatic heterocycles. The van der Waals surface area contributed by atoms with E-state index >= 15 is 0 Å². The summed E-state index contributed by atoms with van der Waals surface area (Å²) in [5.41, 5.74) is 2.83. The minimum absolute atomic E-state index is 0.0583. The molecule has 0 saturated carbocycles. The van der Waals surface area contributed by atoms with Crippen molar-refractivity contribution < 1.29 is 8.81 Å². The highest BCUT2D eigenvalue weighted by Gasteiger charge is 2.11. The van der Waals surface area contributed by atoms with Crippen LogP contribution in [0.2, 0.25) is 0 Å². The molecule has 0 bridgehead atoms. The summed E-state index contributed by atoms with van der Waals surface area (Å²) in [7, 11) is 0. The first kappa shape index (κ1) is 17.7. The molecule has 0 aliphatic rings. The maximum absolute atomic E-state index is 13.2. The van der Waals surface area contributed by atoms with Gasteiger partial charge in [-0.15, -0.1) is 0 Å². The van der Waals surface area contributed by atoms with Gasteiger partial charge in [-0.05, 0) is 48.4 Å². The van der Waals surface area contributed by atoms with E-state index < -0.39 is 0 Å². The fraction of sp³-hybridized carbons (Fsp3) is 0.0952. The Hall–Kier alpha value is -3.74. The predicted molar refractivity (Wildman–Crippen MR) is 106 cm³/mol. The van der Waals surface area contributed by atoms with Crippen LogP contribution < -0.4 is 10.6 Å². The number of aromatic nitrogens is 3. The summed E-state index contributed by atoms with van der Waals surface area (Å²) < 4.78 is 18.4. The largest absolute Gasteiger partial charge is 0.472 e. The van der Waals surface area contributed by atoms with E-state index in [9.17, 15) is 4.39 Å². The number of anilines is 3. The number of benzene rings is 1. The zero-order valence-corrected chi connectivity index (χ0v) is 15.1. The summed E-state index contributed by atoms with van der Waals surface area (Å²) in [4.78, 5) is 12.9. The Morgan fingerprint density at radius 2 is 1.79 bits per heavy atom. The van der Waals surface area contributed by atoms with E-state index in [1.807, 2.05) is 25.1 Å². The first-order valence-corrected chi connectivity index (χ1v) is 8.77. The van der Waals surface area contributed by atoms with Crippen molar-refractivity contribution in [2.75, 3.05) is 10.6 Å². The third-order valence-electron chi connectivity index (χ3n) is 4.23. The highest BCUT2D eigenvalue weighted by atomic mass is 19.1. The van der Waals surface area contributed by atoms with Crippen LogP contribution in [0.15, 0.2) is 78.0 Å². The fourth-order valence-corrected chi connectivity index (χ4v) is 2.82. The van der Waals surface area contributed by atoms with Crippen LogP contribution in [0.1, 0.15) is 18.5 Å². The highest BCUT2D eigenvalue weighted by molar-refractivity contribution is 5.71. The molecule has 0 aliphatic carbocycles. The van der Waals surface area contributed by atoms with Crippen LogP contribution in [0, 0.1) is 5.82 Å². The summed E-state index contributed by atoms with van der Waals surface area (Å²) in [5, 5.41) is 6.53. The number of furan rings is 1. The van der Waals surface area contributed by atoms with Gasteiger partial charge in [-0.1, -0.05) is 12.1 Å². The van der Waals surface area contributed by atoms with Gasteiger partial charge in [-0.2, -0.15) is 0 Å². The van der Waals surface area contributed by atoms with Crippen molar-refractivity contribution >= 4 is 17.5 Å². The van der Waals surface area contributed by atoms with Crippen molar-refractivity contribution in [2.24, 2.45) is 0 Å². The number of halogens is 1. The lowest BCUT2D eigenvalue weighted by Crippen LogP contribution is -2.09. The molecular formula is C21H18FN5O. The quantitative estimate of drug-likeness (QED) is 0.483. The van der Waals surface area contributed by atoms with E-state index in [1.54, 1.807) is 43.2 Å². The molecule has 1 aromatic carbocycles. The minimum Gasteiger partial charge on any atom is -0.472 e. The predicted octanol–water partition coefficient (Wildman–Crippen LogP) is 5.19. The average molecular weight is 375 g/mol. The van der Waals surface area contributed by atoms with Crippen LogP contribution >= 0.6 is 0 Å². The number of rotatable bonds is 6. The Bertz CT molecular complexity index is 1040. The molecule has 7 heteroatoms. The molecule has 4 rings (SSSR count). The Morgan fingerprint density at radius 1 is 0.964 bits per heavy atom. The monoisotopic (exact) mass is 375 g/mol. The van der Waals surface area contributed by atoms with E-state index in [1.165, 1.54) is 12.1 Å². The van der Waals surface area contributed by atoms with Gasteiger partial charge in [-0.25, -0.2) is 14.4 Å². The summed E-state index contributed by atoms with van der Waals surface area (Å²) in [6, 6.07) is 12.1. The van der Waals surface area contributed by atoms with Crippen LogP contribution in [-0.2, 0) is 0 Å². The molecule has 3 heterocycles. The zero-order chi connectivity index (χ0) is 19.3. The highest BCUT2D eigenvalue weighted by Crippen LogP contribution is 2.28. The zero-order valence-electron chi connectivity index (χ0n) is 15.1. The standard InChI is InChI=1S/C21H18FN5O/c1-14(15-2-4-18(22)5-3-15)25-19-10-17(16-6-9-28-13-16)11-20(26-19)27-21-12-23-7-8-24-21/h2-14H,1H3,(H2,24,25,26,27)/t14-/m0/s1. The second kappa shape index (κ2) is 7.87. The Balaban J connectivity index is 1.64. The molecule has 28 heavy (non-hydrogen) atoms. The molecule has 0 amide bonds. The normalized spacial score (nSPS) is 11.8. The van der Waals surface area contributed by atoms with Gasteiger partial charge in [-0.3, -0.25) is 4.98 Å². The first-order chi connectivity index (χ1) is 13.7. The van der Waals surface area contributed by atoms with Crippen LogP contribution in [0.25, 0.3) is 11.1 Å². The van der Waals surface area contributed by atoms with Crippen LogP contribution in [0.3, 0.4) is 0 Å². The van der Waals surface area contributed by atoms with Crippen molar-refractivity contribution in [1.29, 1.82) is 0 Å². The van der Waals surface area contributed by atoms with E-state index in [0.717, 1.165) is 16.7 Å². The minimum atomic E-state index is -0.258. The first-order valence-electron chi connectivity index (χ1n) is 8.77. The molecule has 0 fully saturated rings. The summed E-state index contributed by atoms with van der Waals surface area (Å²) in [5.74, 6) is 1.62.